The van der Waals surface area contributed by atoms with Crippen LogP contribution in [0.3, 0.4) is 0 Å². The lowest BCUT2D eigenvalue weighted by molar-refractivity contribution is -0.140. The zero-order valence-corrected chi connectivity index (χ0v) is 21.3. The van der Waals surface area contributed by atoms with E-state index in [1.165, 1.54) is 7.11 Å². The number of carbonyl (C=O) groups is 2. The van der Waals surface area contributed by atoms with Gasteiger partial charge in [0.05, 0.1) is 7.11 Å². The molecule has 0 N–H and O–H groups in total. The summed E-state index contributed by atoms with van der Waals surface area (Å²) in [5.41, 5.74) is 0.851. The highest BCUT2D eigenvalue weighted by molar-refractivity contribution is 6.09. The standard InChI is InChI=1S/C32H40O3/c1-3-27(32(34)30-25-20-23-28-22-18-19-24-29(28)30)21-16-14-12-10-8-6-4-5-7-9-11-13-15-17-26-31(33)35-2/h5-8,11-14,18-20,22-25,27H,3-4,9-10,15-17,21,26H2,1-2H3. The van der Waals surface area contributed by atoms with E-state index in [0.717, 1.165) is 67.7 Å². The van der Waals surface area contributed by atoms with Crippen LogP contribution in [0, 0.1) is 5.92 Å². The largest absolute Gasteiger partial charge is 0.469 e. The summed E-state index contributed by atoms with van der Waals surface area (Å²) >= 11 is 0. The van der Waals surface area contributed by atoms with Gasteiger partial charge in [-0.2, -0.15) is 0 Å². The zero-order chi connectivity index (χ0) is 25.1. The van der Waals surface area contributed by atoms with Crippen LogP contribution in [0.25, 0.3) is 10.8 Å². The summed E-state index contributed by atoms with van der Waals surface area (Å²) < 4.78 is 4.62. The van der Waals surface area contributed by atoms with E-state index >= 15 is 0 Å². The van der Waals surface area contributed by atoms with Gasteiger partial charge in [-0.05, 0) is 62.1 Å². The molecule has 1 atom stereocenters. The first-order chi connectivity index (χ1) is 17.2. The van der Waals surface area contributed by atoms with Crippen LogP contribution in [0.2, 0.25) is 0 Å². The summed E-state index contributed by atoms with van der Waals surface area (Å²) in [6, 6.07) is 14.1. The van der Waals surface area contributed by atoms with Gasteiger partial charge in [0.2, 0.25) is 0 Å². The number of benzene rings is 2. The van der Waals surface area contributed by atoms with Crippen LogP contribution >= 0.6 is 0 Å². The molecule has 0 aliphatic carbocycles. The fourth-order valence-electron chi connectivity index (χ4n) is 3.99. The van der Waals surface area contributed by atoms with E-state index in [2.05, 4.69) is 72.4 Å². The van der Waals surface area contributed by atoms with Crippen LogP contribution in [0.15, 0.2) is 91.1 Å². The van der Waals surface area contributed by atoms with Crippen molar-refractivity contribution in [3.8, 4) is 0 Å². The molecule has 0 amide bonds. The first-order valence-electron chi connectivity index (χ1n) is 12.9. The van der Waals surface area contributed by atoms with Crippen LogP contribution in [0.5, 0.6) is 0 Å². The van der Waals surface area contributed by atoms with Gasteiger partial charge in [-0.25, -0.2) is 0 Å². The van der Waals surface area contributed by atoms with Gasteiger partial charge in [0.15, 0.2) is 5.78 Å². The summed E-state index contributed by atoms with van der Waals surface area (Å²) in [6.07, 6.45) is 25.0. The Morgan fingerprint density at radius 2 is 1.40 bits per heavy atom. The molecule has 3 nitrogen and oxygen atoms in total. The summed E-state index contributed by atoms with van der Waals surface area (Å²) in [5, 5.41) is 2.18. The first kappa shape index (κ1) is 28.0. The smallest absolute Gasteiger partial charge is 0.305 e. The minimum Gasteiger partial charge on any atom is -0.469 e. The second-order valence-corrected chi connectivity index (χ2v) is 8.63. The van der Waals surface area contributed by atoms with Gasteiger partial charge in [0.1, 0.15) is 0 Å². The molecule has 35 heavy (non-hydrogen) atoms. The maximum absolute atomic E-state index is 13.1. The monoisotopic (exact) mass is 472 g/mol. The predicted octanol–water partition coefficient (Wildman–Crippen LogP) is 8.57. The second kappa shape index (κ2) is 17.3. The van der Waals surface area contributed by atoms with Gasteiger partial charge in [-0.1, -0.05) is 98.0 Å². The molecular formula is C32H40O3. The van der Waals surface area contributed by atoms with Crippen LogP contribution in [-0.2, 0) is 9.53 Å². The Morgan fingerprint density at radius 1 is 0.800 bits per heavy atom. The van der Waals surface area contributed by atoms with Gasteiger partial charge >= 0.3 is 5.97 Å². The fraction of sp³-hybridized carbons (Fsp3) is 0.375. The second-order valence-electron chi connectivity index (χ2n) is 8.63. The normalized spacial score (nSPS) is 13.0. The van der Waals surface area contributed by atoms with Crippen LogP contribution < -0.4 is 0 Å². The van der Waals surface area contributed by atoms with E-state index < -0.39 is 0 Å². The molecule has 3 heteroatoms. The van der Waals surface area contributed by atoms with Crippen molar-refractivity contribution in [2.45, 2.75) is 64.7 Å². The molecule has 0 spiro atoms. The van der Waals surface area contributed by atoms with Crippen molar-refractivity contribution < 1.29 is 14.3 Å². The molecule has 0 aromatic heterocycles. The number of esters is 1. The Balaban J connectivity index is 1.62. The third-order valence-electron chi connectivity index (χ3n) is 6.06. The molecule has 2 rings (SSSR count). The number of allylic oxidation sites excluding steroid dienone is 8. The molecule has 0 bridgehead atoms. The minimum atomic E-state index is -0.142. The van der Waals surface area contributed by atoms with Gasteiger partial charge in [-0.15, -0.1) is 0 Å². The highest BCUT2D eigenvalue weighted by Gasteiger charge is 2.19. The lowest BCUT2D eigenvalue weighted by Gasteiger charge is -2.14. The third kappa shape index (κ3) is 10.7. The number of unbranched alkanes of at least 4 members (excludes halogenated alkanes) is 1. The minimum absolute atomic E-state index is 0.0630. The molecule has 0 fully saturated rings. The van der Waals surface area contributed by atoms with Gasteiger partial charge < -0.3 is 4.74 Å². The van der Waals surface area contributed by atoms with E-state index in [1.54, 1.807) is 0 Å². The number of ketones is 1. The lowest BCUT2D eigenvalue weighted by atomic mass is 9.88. The highest BCUT2D eigenvalue weighted by atomic mass is 16.5. The van der Waals surface area contributed by atoms with E-state index in [4.69, 9.17) is 0 Å². The molecular weight excluding hydrogens is 432 g/mol. The molecule has 0 saturated heterocycles. The van der Waals surface area contributed by atoms with E-state index in [0.29, 0.717) is 6.42 Å². The molecule has 2 aromatic rings. The van der Waals surface area contributed by atoms with Gasteiger partial charge in [0, 0.05) is 17.9 Å². The number of methoxy groups -OCH3 is 1. The van der Waals surface area contributed by atoms with E-state index in [9.17, 15) is 9.59 Å². The average Bonchev–Trinajstić information content (AvgIpc) is 2.89. The summed E-state index contributed by atoms with van der Waals surface area (Å²) in [5.74, 6) is 0.186. The molecule has 2 aromatic carbocycles. The zero-order valence-electron chi connectivity index (χ0n) is 21.3. The van der Waals surface area contributed by atoms with E-state index in [1.807, 2.05) is 30.3 Å². The summed E-state index contributed by atoms with van der Waals surface area (Å²) in [4.78, 5) is 24.2. The Hall–Kier alpha value is -3.20. The highest BCUT2D eigenvalue weighted by Crippen LogP contribution is 2.24. The van der Waals surface area contributed by atoms with Gasteiger partial charge in [-0.3, -0.25) is 9.59 Å². The average molecular weight is 473 g/mol. The number of carbonyl (C=O) groups excluding carboxylic acids is 2. The van der Waals surface area contributed by atoms with Gasteiger partial charge in [0.25, 0.3) is 0 Å². The van der Waals surface area contributed by atoms with Crippen LogP contribution in [0.4, 0.5) is 0 Å². The van der Waals surface area contributed by atoms with Crippen molar-refractivity contribution >= 4 is 22.5 Å². The maximum atomic E-state index is 13.1. The van der Waals surface area contributed by atoms with Crippen molar-refractivity contribution in [3.63, 3.8) is 0 Å². The predicted molar refractivity (Wildman–Crippen MR) is 148 cm³/mol. The number of ether oxygens (including phenoxy) is 1. The lowest BCUT2D eigenvalue weighted by Crippen LogP contribution is -2.14. The molecule has 0 heterocycles. The summed E-state index contributed by atoms with van der Waals surface area (Å²) in [7, 11) is 1.42. The number of hydrogen-bond acceptors (Lipinski definition) is 3. The Bertz CT molecular complexity index is 1020. The Labute approximate surface area is 211 Å². The Kier molecular flexibility index (Phi) is 13.8. The number of rotatable bonds is 16. The first-order valence-corrected chi connectivity index (χ1v) is 12.9. The molecule has 0 aliphatic heterocycles. The molecule has 1 unspecified atom stereocenters. The van der Waals surface area contributed by atoms with Crippen LogP contribution in [0.1, 0.15) is 75.1 Å². The van der Waals surface area contributed by atoms with Crippen molar-refractivity contribution in [1.82, 2.24) is 0 Å². The fourth-order valence-corrected chi connectivity index (χ4v) is 3.99. The molecule has 0 radical (unpaired) electrons. The SMILES string of the molecule is CCC(CCC=CCC=CCC=CCC=CCCCC(=O)OC)C(=O)c1cccc2ccccc12. The third-order valence-corrected chi connectivity index (χ3v) is 6.06. The maximum Gasteiger partial charge on any atom is 0.305 e. The number of fused-ring (bicyclic) bond motifs is 1. The molecule has 0 saturated carbocycles. The Morgan fingerprint density at radius 3 is 2.06 bits per heavy atom. The quantitative estimate of drug-likeness (QED) is 0.106. The topological polar surface area (TPSA) is 43.4 Å². The number of Topliss-reactive ketones (excluding diaryl/α,β-unsaturated/α-hetero) is 1. The molecule has 0 aliphatic rings. The number of hydrogen-bond donors (Lipinski definition) is 0. The van der Waals surface area contributed by atoms with Crippen LogP contribution in [-0.4, -0.2) is 18.9 Å². The van der Waals surface area contributed by atoms with Crippen molar-refractivity contribution in [1.29, 1.82) is 0 Å². The van der Waals surface area contributed by atoms with Crippen molar-refractivity contribution in [2.75, 3.05) is 7.11 Å². The van der Waals surface area contributed by atoms with Crippen molar-refractivity contribution in [2.24, 2.45) is 5.92 Å². The van der Waals surface area contributed by atoms with E-state index in [-0.39, 0.29) is 17.7 Å². The van der Waals surface area contributed by atoms with Crippen molar-refractivity contribution in [3.05, 3.63) is 96.6 Å². The molecule has 186 valence electrons. The summed E-state index contributed by atoms with van der Waals surface area (Å²) in [6.45, 7) is 2.11.